The molecule has 9 nitrogen and oxygen atoms in total. The average Bonchev–Trinajstić information content (AvgIpc) is 2.84. The number of ether oxygens (including phenoxy) is 1. The van der Waals surface area contributed by atoms with Crippen molar-refractivity contribution in [1.29, 1.82) is 0 Å². The van der Waals surface area contributed by atoms with Crippen LogP contribution in [0.25, 0.3) is 0 Å². The van der Waals surface area contributed by atoms with Gasteiger partial charge in [-0.2, -0.15) is 8.42 Å². The number of carbonyl (C=O) groups is 2. The number of amides is 3. The van der Waals surface area contributed by atoms with Crippen LogP contribution in [0.5, 0.6) is 5.75 Å². The fourth-order valence-corrected chi connectivity index (χ4v) is 4.15. The molecule has 0 aliphatic rings. The lowest BCUT2D eigenvalue weighted by atomic mass is 10.0. The summed E-state index contributed by atoms with van der Waals surface area (Å²) in [7, 11) is -1.16. The van der Waals surface area contributed by atoms with E-state index in [9.17, 15) is 18.0 Å². The molecule has 3 rings (SSSR count). The molecule has 35 heavy (non-hydrogen) atoms. The zero-order valence-corrected chi connectivity index (χ0v) is 20.6. The van der Waals surface area contributed by atoms with Crippen LogP contribution in [0.3, 0.4) is 0 Å². The number of nitrogens with zero attached hydrogens (tertiary/aromatic N) is 1. The largest absolute Gasteiger partial charge is 0.497 e. The van der Waals surface area contributed by atoms with Crippen LogP contribution in [-0.2, 0) is 21.4 Å². The number of rotatable bonds is 9. The molecule has 1 atom stereocenters. The number of hydrogen-bond acceptors (Lipinski definition) is 5. The summed E-state index contributed by atoms with van der Waals surface area (Å²) in [4.78, 5) is 27.3. The monoisotopic (exact) mass is 516 g/mol. The molecular formula is C24H25ClN4O5S. The van der Waals surface area contributed by atoms with Crippen LogP contribution in [-0.4, -0.2) is 40.6 Å². The maximum atomic E-state index is 13.3. The lowest BCUT2D eigenvalue weighted by Gasteiger charge is -2.25. The lowest BCUT2D eigenvalue weighted by molar-refractivity contribution is -0.120. The Labute approximate surface area is 209 Å². The molecule has 0 saturated heterocycles. The maximum Gasteiger partial charge on any atom is 0.330 e. The molecule has 11 heteroatoms. The molecule has 0 saturated carbocycles. The van der Waals surface area contributed by atoms with Gasteiger partial charge in [-0.1, -0.05) is 41.9 Å². The minimum absolute atomic E-state index is 0.151. The Morgan fingerprint density at radius 1 is 0.971 bits per heavy atom. The van der Waals surface area contributed by atoms with Crippen LogP contribution in [0.4, 0.5) is 16.2 Å². The average molecular weight is 517 g/mol. The van der Waals surface area contributed by atoms with Gasteiger partial charge in [0, 0.05) is 24.2 Å². The zero-order valence-electron chi connectivity index (χ0n) is 19.1. The van der Waals surface area contributed by atoms with Gasteiger partial charge in [0.05, 0.1) is 12.8 Å². The van der Waals surface area contributed by atoms with E-state index in [1.54, 1.807) is 31.3 Å². The molecule has 0 fully saturated rings. The first-order chi connectivity index (χ1) is 16.7. The van der Waals surface area contributed by atoms with E-state index in [0.29, 0.717) is 16.5 Å². The van der Waals surface area contributed by atoms with Crippen LogP contribution in [0.15, 0.2) is 78.9 Å². The molecule has 184 valence electrons. The van der Waals surface area contributed by atoms with E-state index in [-0.39, 0.29) is 12.1 Å². The highest BCUT2D eigenvalue weighted by molar-refractivity contribution is 7.91. The third-order valence-electron chi connectivity index (χ3n) is 5.00. The Kier molecular flexibility index (Phi) is 8.56. The molecule has 3 amide bonds. The highest BCUT2D eigenvalue weighted by Gasteiger charge is 2.27. The first-order valence-corrected chi connectivity index (χ1v) is 12.3. The predicted octanol–water partition coefficient (Wildman–Crippen LogP) is 3.58. The quantitative estimate of drug-likeness (QED) is 0.402. The van der Waals surface area contributed by atoms with Crippen LogP contribution in [0, 0.1) is 0 Å². The molecular weight excluding hydrogens is 492 g/mol. The van der Waals surface area contributed by atoms with Crippen molar-refractivity contribution >= 4 is 45.1 Å². The Balaban J connectivity index is 1.74. The first kappa shape index (κ1) is 25.9. The van der Waals surface area contributed by atoms with E-state index in [0.717, 1.165) is 5.56 Å². The van der Waals surface area contributed by atoms with E-state index in [1.165, 1.54) is 36.3 Å². The summed E-state index contributed by atoms with van der Waals surface area (Å²) in [6.45, 7) is 0. The third-order valence-corrected chi connectivity index (χ3v) is 6.21. The fourth-order valence-electron chi connectivity index (χ4n) is 3.23. The van der Waals surface area contributed by atoms with Crippen molar-refractivity contribution in [2.24, 2.45) is 0 Å². The molecule has 3 aromatic carbocycles. The summed E-state index contributed by atoms with van der Waals surface area (Å²) < 4.78 is 34.0. The highest BCUT2D eigenvalue weighted by Crippen LogP contribution is 2.19. The SMILES string of the molecule is COc1ccc(N(C)C(=O)C(Cc2ccccc2)NC(=O)NS(=O)(=O)Nc2ccc(Cl)cc2)cc1. The van der Waals surface area contributed by atoms with Gasteiger partial charge in [0.1, 0.15) is 11.8 Å². The Hall–Kier alpha value is -3.76. The molecule has 0 aliphatic heterocycles. The minimum Gasteiger partial charge on any atom is -0.497 e. The number of hydrogen-bond donors (Lipinski definition) is 3. The van der Waals surface area contributed by atoms with E-state index in [1.807, 2.05) is 35.1 Å². The van der Waals surface area contributed by atoms with Gasteiger partial charge in [-0.3, -0.25) is 9.52 Å². The van der Waals surface area contributed by atoms with Crippen molar-refractivity contribution in [3.63, 3.8) is 0 Å². The third kappa shape index (κ3) is 7.62. The van der Waals surface area contributed by atoms with Gasteiger partial charge in [0.25, 0.3) is 0 Å². The van der Waals surface area contributed by atoms with Crippen molar-refractivity contribution in [2.75, 3.05) is 23.8 Å². The number of nitrogens with one attached hydrogen (secondary N) is 3. The Morgan fingerprint density at radius 2 is 1.60 bits per heavy atom. The Bertz CT molecular complexity index is 1250. The zero-order chi connectivity index (χ0) is 25.4. The smallest absolute Gasteiger partial charge is 0.330 e. The second-order valence-electron chi connectivity index (χ2n) is 7.53. The number of benzene rings is 3. The summed E-state index contributed by atoms with van der Waals surface area (Å²) in [5.41, 5.74) is 1.58. The van der Waals surface area contributed by atoms with Gasteiger partial charge >= 0.3 is 16.2 Å². The number of urea groups is 1. The summed E-state index contributed by atoms with van der Waals surface area (Å²) in [5, 5.41) is 2.92. The molecule has 0 bridgehead atoms. The van der Waals surface area contributed by atoms with E-state index >= 15 is 0 Å². The summed E-state index contributed by atoms with van der Waals surface area (Å²) in [5.74, 6) is 0.198. The second-order valence-corrected chi connectivity index (χ2v) is 9.38. The van der Waals surface area contributed by atoms with Crippen molar-refractivity contribution < 1.29 is 22.7 Å². The maximum absolute atomic E-state index is 13.3. The molecule has 0 radical (unpaired) electrons. The van der Waals surface area contributed by atoms with Gasteiger partial charge in [-0.25, -0.2) is 9.52 Å². The number of likely N-dealkylation sites (N-methyl/N-ethyl adjacent to an activating group) is 1. The van der Waals surface area contributed by atoms with Crippen LogP contribution >= 0.6 is 11.6 Å². The molecule has 3 N–H and O–H groups in total. The van der Waals surface area contributed by atoms with Crippen LogP contribution < -0.4 is 24.4 Å². The summed E-state index contributed by atoms with van der Waals surface area (Å²) >= 11 is 5.81. The van der Waals surface area contributed by atoms with Gasteiger partial charge in [-0.15, -0.1) is 0 Å². The molecule has 3 aromatic rings. The van der Waals surface area contributed by atoms with Crippen molar-refractivity contribution in [1.82, 2.24) is 10.0 Å². The summed E-state index contributed by atoms with van der Waals surface area (Å²) in [6.07, 6.45) is 0.151. The minimum atomic E-state index is -4.26. The number of anilines is 2. The van der Waals surface area contributed by atoms with Crippen LogP contribution in [0.1, 0.15) is 5.56 Å². The molecule has 0 spiro atoms. The van der Waals surface area contributed by atoms with E-state index < -0.39 is 28.2 Å². The van der Waals surface area contributed by atoms with Gasteiger partial charge in [-0.05, 0) is 54.1 Å². The number of carbonyl (C=O) groups excluding carboxylic acids is 2. The van der Waals surface area contributed by atoms with Crippen molar-refractivity contribution in [3.8, 4) is 5.75 Å². The topological polar surface area (TPSA) is 117 Å². The summed E-state index contributed by atoms with van der Waals surface area (Å²) in [6, 6.07) is 19.7. The van der Waals surface area contributed by atoms with Crippen LogP contribution in [0.2, 0.25) is 5.02 Å². The van der Waals surface area contributed by atoms with Gasteiger partial charge in [0.15, 0.2) is 0 Å². The normalized spacial score (nSPS) is 11.7. The van der Waals surface area contributed by atoms with Gasteiger partial charge in [0.2, 0.25) is 5.91 Å². The van der Waals surface area contributed by atoms with E-state index in [4.69, 9.17) is 16.3 Å². The molecule has 0 heterocycles. The standard InChI is InChI=1S/C24H25ClN4O5S/c1-29(20-12-14-21(34-2)15-13-20)23(30)22(16-17-6-4-3-5-7-17)26-24(31)28-35(32,33)27-19-10-8-18(25)9-11-19/h3-15,22,27H,16H2,1-2H3,(H2,26,28,31). The molecule has 0 aromatic heterocycles. The fraction of sp³-hybridized carbons (Fsp3) is 0.167. The first-order valence-electron chi connectivity index (χ1n) is 10.5. The molecule has 1 unspecified atom stereocenters. The second kappa shape index (κ2) is 11.6. The lowest BCUT2D eigenvalue weighted by Crippen LogP contribution is -2.53. The van der Waals surface area contributed by atoms with Crippen molar-refractivity contribution in [3.05, 3.63) is 89.4 Å². The van der Waals surface area contributed by atoms with Gasteiger partial charge < -0.3 is 15.0 Å². The highest BCUT2D eigenvalue weighted by atomic mass is 35.5. The molecule has 0 aliphatic carbocycles. The Morgan fingerprint density at radius 3 is 2.20 bits per heavy atom. The van der Waals surface area contributed by atoms with Crippen molar-refractivity contribution in [2.45, 2.75) is 12.5 Å². The predicted molar refractivity (Wildman–Crippen MR) is 136 cm³/mol. The number of methoxy groups -OCH3 is 1. The number of halogens is 1. The van der Waals surface area contributed by atoms with E-state index in [2.05, 4.69) is 10.0 Å².